The molecule has 2 heterocycles. The van der Waals surface area contributed by atoms with E-state index in [1.54, 1.807) is 7.11 Å². The fraction of sp³-hybridized carbons (Fsp3) is 0.103. The Hall–Kier alpha value is -3.96. The van der Waals surface area contributed by atoms with E-state index in [9.17, 15) is 4.79 Å². The number of aromatic nitrogens is 1. The number of hydrogen-bond donors (Lipinski definition) is 1. The molecule has 5 rings (SSSR count). The number of benzene rings is 3. The first-order valence-corrected chi connectivity index (χ1v) is 11.8. The van der Waals surface area contributed by atoms with E-state index < -0.39 is 0 Å². The summed E-state index contributed by atoms with van der Waals surface area (Å²) in [6.07, 6.45) is 0. The Balaban J connectivity index is 1.72. The van der Waals surface area contributed by atoms with Crippen molar-refractivity contribution in [2.24, 2.45) is 0 Å². The summed E-state index contributed by atoms with van der Waals surface area (Å²) < 4.78 is 5.30. The van der Waals surface area contributed by atoms with Gasteiger partial charge in [-0.1, -0.05) is 59.7 Å². The molecule has 0 bridgehead atoms. The Labute approximate surface area is 202 Å². The highest BCUT2D eigenvalue weighted by Crippen LogP contribution is 2.42. The van der Waals surface area contributed by atoms with E-state index in [2.05, 4.69) is 37.3 Å². The average molecular weight is 465 g/mol. The largest absolute Gasteiger partial charge is 0.497 e. The molecule has 0 aliphatic heterocycles. The van der Waals surface area contributed by atoms with Gasteiger partial charge in [0.15, 0.2) is 0 Å². The van der Waals surface area contributed by atoms with Crippen LogP contribution in [0.15, 0.2) is 78.9 Å². The molecule has 0 atom stereocenters. The van der Waals surface area contributed by atoms with Gasteiger partial charge >= 0.3 is 0 Å². The molecule has 0 radical (unpaired) electrons. The summed E-state index contributed by atoms with van der Waals surface area (Å²) in [6, 6.07) is 25.8. The van der Waals surface area contributed by atoms with Crippen molar-refractivity contribution in [1.29, 1.82) is 0 Å². The van der Waals surface area contributed by atoms with Gasteiger partial charge in [0.1, 0.15) is 15.5 Å². The molecular weight excluding hydrogens is 440 g/mol. The average Bonchev–Trinajstić information content (AvgIpc) is 3.20. The highest BCUT2D eigenvalue weighted by Gasteiger charge is 2.22. The predicted octanol–water partition coefficient (Wildman–Crippen LogP) is 7.07. The van der Waals surface area contributed by atoms with Crippen LogP contribution in [0, 0.1) is 13.8 Å². The van der Waals surface area contributed by atoms with Crippen LogP contribution in [0.3, 0.4) is 0 Å². The van der Waals surface area contributed by atoms with Gasteiger partial charge in [0.05, 0.1) is 18.5 Å². The van der Waals surface area contributed by atoms with Crippen molar-refractivity contribution in [1.82, 2.24) is 4.98 Å². The van der Waals surface area contributed by atoms with E-state index in [-0.39, 0.29) is 5.78 Å². The number of rotatable bonds is 5. The Morgan fingerprint density at radius 3 is 2.06 bits per heavy atom. The number of carbonyl (C=O) groups excluding carboxylic acids is 1. The first-order chi connectivity index (χ1) is 16.4. The standard InChI is InChI=1S/C29H24N2O2S/c1-17-4-8-19(9-5-17)23-16-24(20-12-14-22(33-3)15-13-20)31-29-25(23)26(30)28(34-29)27(32)21-10-6-18(2)7-11-21/h4-16H,30H2,1-3H3. The molecule has 3 aromatic carbocycles. The van der Waals surface area contributed by atoms with Crippen LogP contribution in [0.1, 0.15) is 26.4 Å². The maximum absolute atomic E-state index is 13.4. The van der Waals surface area contributed by atoms with Crippen molar-refractivity contribution in [2.45, 2.75) is 13.8 Å². The zero-order valence-corrected chi connectivity index (χ0v) is 20.1. The minimum atomic E-state index is -0.0821. The van der Waals surface area contributed by atoms with Gasteiger partial charge in [-0.2, -0.15) is 0 Å². The first-order valence-electron chi connectivity index (χ1n) is 11.0. The number of aryl methyl sites for hydroxylation is 2. The molecule has 2 N–H and O–H groups in total. The van der Waals surface area contributed by atoms with Crippen molar-refractivity contribution in [3.8, 4) is 28.1 Å². The smallest absolute Gasteiger partial charge is 0.205 e. The number of nitrogens with two attached hydrogens (primary N) is 1. The predicted molar refractivity (Wildman–Crippen MR) is 141 cm³/mol. The Kier molecular flexibility index (Phi) is 5.64. The Morgan fingerprint density at radius 2 is 1.44 bits per heavy atom. The minimum Gasteiger partial charge on any atom is -0.497 e. The number of nitrogen functional groups attached to an aromatic ring is 1. The quantitative estimate of drug-likeness (QED) is 0.283. The number of ketones is 1. The molecule has 0 aliphatic rings. The number of thiophene rings is 1. The highest BCUT2D eigenvalue weighted by molar-refractivity contribution is 7.21. The summed E-state index contributed by atoms with van der Waals surface area (Å²) in [6.45, 7) is 4.06. The number of anilines is 1. The number of fused-ring (bicyclic) bond motifs is 1. The normalized spacial score (nSPS) is 11.0. The zero-order valence-electron chi connectivity index (χ0n) is 19.3. The van der Waals surface area contributed by atoms with Crippen molar-refractivity contribution in [3.05, 3.63) is 100 Å². The van der Waals surface area contributed by atoms with E-state index in [1.165, 1.54) is 16.9 Å². The second-order valence-electron chi connectivity index (χ2n) is 8.37. The lowest BCUT2D eigenvalue weighted by Crippen LogP contribution is -2.02. The Bertz CT molecular complexity index is 1500. The highest BCUT2D eigenvalue weighted by atomic mass is 32.1. The van der Waals surface area contributed by atoms with Gasteiger partial charge in [-0.15, -0.1) is 11.3 Å². The molecule has 4 nitrogen and oxygen atoms in total. The zero-order chi connectivity index (χ0) is 23.8. The molecule has 0 fully saturated rings. The summed E-state index contributed by atoms with van der Waals surface area (Å²) in [4.78, 5) is 19.5. The summed E-state index contributed by atoms with van der Waals surface area (Å²) in [5, 5.41) is 0.821. The molecule has 0 saturated carbocycles. The molecule has 0 spiro atoms. The number of hydrogen-bond acceptors (Lipinski definition) is 5. The van der Waals surface area contributed by atoms with Gasteiger partial charge in [-0.3, -0.25) is 4.79 Å². The summed E-state index contributed by atoms with van der Waals surface area (Å²) in [5.41, 5.74) is 13.8. The van der Waals surface area contributed by atoms with Crippen LogP contribution in [-0.4, -0.2) is 17.9 Å². The maximum Gasteiger partial charge on any atom is 0.205 e. The Morgan fingerprint density at radius 1 is 0.853 bits per heavy atom. The van der Waals surface area contributed by atoms with Gasteiger partial charge in [0.2, 0.25) is 5.78 Å². The topological polar surface area (TPSA) is 65.2 Å². The molecular formula is C29H24N2O2S. The third-order valence-corrected chi connectivity index (χ3v) is 7.07. The number of pyridine rings is 1. The molecule has 34 heavy (non-hydrogen) atoms. The van der Waals surface area contributed by atoms with E-state index >= 15 is 0 Å². The lowest BCUT2D eigenvalue weighted by Gasteiger charge is -2.10. The molecule has 5 heteroatoms. The summed E-state index contributed by atoms with van der Waals surface area (Å²) in [5.74, 6) is 0.705. The van der Waals surface area contributed by atoms with Crippen molar-refractivity contribution >= 4 is 33.0 Å². The lowest BCUT2D eigenvalue weighted by molar-refractivity contribution is 0.104. The van der Waals surface area contributed by atoms with E-state index in [1.807, 2.05) is 55.5 Å². The molecule has 2 aromatic heterocycles. The second kappa shape index (κ2) is 8.76. The maximum atomic E-state index is 13.4. The number of ether oxygens (including phenoxy) is 1. The molecule has 0 unspecified atom stereocenters. The molecule has 5 aromatic rings. The monoisotopic (exact) mass is 464 g/mol. The SMILES string of the molecule is COc1ccc(-c2cc(-c3ccc(C)cc3)c3c(N)c(C(=O)c4ccc(C)cc4)sc3n2)cc1. The third-order valence-electron chi connectivity index (χ3n) is 5.97. The molecule has 0 aliphatic carbocycles. The lowest BCUT2D eigenvalue weighted by atomic mass is 9.98. The van der Waals surface area contributed by atoms with E-state index in [0.717, 1.165) is 43.9 Å². The van der Waals surface area contributed by atoms with Gasteiger partial charge in [0.25, 0.3) is 0 Å². The van der Waals surface area contributed by atoms with Crippen LogP contribution < -0.4 is 10.5 Å². The van der Waals surface area contributed by atoms with Crippen LogP contribution in [0.25, 0.3) is 32.6 Å². The molecule has 168 valence electrons. The van der Waals surface area contributed by atoms with Crippen LogP contribution >= 0.6 is 11.3 Å². The molecule has 0 amide bonds. The van der Waals surface area contributed by atoms with Crippen molar-refractivity contribution in [2.75, 3.05) is 12.8 Å². The van der Waals surface area contributed by atoms with Crippen molar-refractivity contribution in [3.63, 3.8) is 0 Å². The van der Waals surface area contributed by atoms with Gasteiger partial charge in [-0.25, -0.2) is 4.98 Å². The minimum absolute atomic E-state index is 0.0821. The van der Waals surface area contributed by atoms with Crippen LogP contribution in [0.4, 0.5) is 5.69 Å². The number of carbonyl (C=O) groups is 1. The van der Waals surface area contributed by atoms with Crippen LogP contribution in [0.2, 0.25) is 0 Å². The van der Waals surface area contributed by atoms with Crippen LogP contribution in [-0.2, 0) is 0 Å². The van der Waals surface area contributed by atoms with Gasteiger partial charge in [0, 0.05) is 16.5 Å². The second-order valence-corrected chi connectivity index (χ2v) is 9.37. The third kappa shape index (κ3) is 3.95. The summed E-state index contributed by atoms with van der Waals surface area (Å²) >= 11 is 1.35. The fourth-order valence-corrected chi connectivity index (χ4v) is 5.08. The van der Waals surface area contributed by atoms with Gasteiger partial charge in [-0.05, 0) is 55.3 Å². The van der Waals surface area contributed by atoms with E-state index in [4.69, 9.17) is 15.5 Å². The number of nitrogens with zero attached hydrogens (tertiary/aromatic N) is 1. The van der Waals surface area contributed by atoms with Crippen LogP contribution in [0.5, 0.6) is 5.75 Å². The summed E-state index contributed by atoms with van der Waals surface area (Å²) in [7, 11) is 1.65. The fourth-order valence-electron chi connectivity index (χ4n) is 4.00. The number of methoxy groups -OCH3 is 1. The van der Waals surface area contributed by atoms with Crippen molar-refractivity contribution < 1.29 is 9.53 Å². The van der Waals surface area contributed by atoms with Gasteiger partial charge < -0.3 is 10.5 Å². The first kappa shape index (κ1) is 21.9. The molecule has 0 saturated heterocycles. The van der Waals surface area contributed by atoms with E-state index in [0.29, 0.717) is 16.1 Å².